The number of hydrogen-bond donors (Lipinski definition) is 1. The first-order valence-electron chi connectivity index (χ1n) is 4.86. The van der Waals surface area contributed by atoms with Gasteiger partial charge >= 0.3 is 0 Å². The van der Waals surface area contributed by atoms with Gasteiger partial charge in [-0.25, -0.2) is 13.1 Å². The highest BCUT2D eigenvalue weighted by atomic mass is 32.2. The molecule has 0 unspecified atom stereocenters. The van der Waals surface area contributed by atoms with Gasteiger partial charge < -0.3 is 0 Å². The van der Waals surface area contributed by atoms with Gasteiger partial charge in [-0.15, -0.1) is 0 Å². The first kappa shape index (κ1) is 14.4. The average Bonchev–Trinajstić information content (AvgIpc) is 1.97. The van der Waals surface area contributed by atoms with Crippen molar-refractivity contribution in [2.75, 3.05) is 12.3 Å². The normalized spacial score (nSPS) is 13.6. The molecule has 0 saturated heterocycles. The molecule has 0 aliphatic rings. The van der Waals surface area contributed by atoms with Crippen molar-refractivity contribution >= 4 is 10.0 Å². The van der Waals surface area contributed by atoms with Crippen LogP contribution >= 0.6 is 0 Å². The first-order chi connectivity index (χ1) is 6.47. The zero-order chi connectivity index (χ0) is 12.3. The Morgan fingerprint density at radius 1 is 1.20 bits per heavy atom. The summed E-state index contributed by atoms with van der Waals surface area (Å²) < 4.78 is 25.6. The Morgan fingerprint density at radius 3 is 2.00 bits per heavy atom. The lowest BCUT2D eigenvalue weighted by atomic mass is 9.97. The van der Waals surface area contributed by atoms with Crippen molar-refractivity contribution in [3.8, 4) is 6.07 Å². The average molecular weight is 232 g/mol. The zero-order valence-corrected chi connectivity index (χ0v) is 10.9. The summed E-state index contributed by atoms with van der Waals surface area (Å²) in [4.78, 5) is 0. The van der Waals surface area contributed by atoms with E-state index < -0.39 is 15.4 Å². The van der Waals surface area contributed by atoms with Crippen LogP contribution in [-0.4, -0.2) is 20.7 Å². The van der Waals surface area contributed by atoms with Crippen molar-refractivity contribution in [3.63, 3.8) is 0 Å². The molecule has 0 radical (unpaired) electrons. The molecule has 0 spiro atoms. The van der Waals surface area contributed by atoms with Crippen LogP contribution in [-0.2, 0) is 10.0 Å². The largest absolute Gasteiger partial charge is 0.214 e. The summed E-state index contributed by atoms with van der Waals surface area (Å²) in [5.41, 5.74) is -0.937. The SMILES string of the molecule is CC(C)(C)CS(=O)(=O)NCC(C)(C)C#N. The number of sulfonamides is 1. The Bertz CT molecular complexity index is 345. The summed E-state index contributed by atoms with van der Waals surface area (Å²) in [5, 5.41) is 8.74. The van der Waals surface area contributed by atoms with E-state index in [-0.39, 0.29) is 17.7 Å². The van der Waals surface area contributed by atoms with Crippen LogP contribution in [0.4, 0.5) is 0 Å². The van der Waals surface area contributed by atoms with Crippen LogP contribution in [0.15, 0.2) is 0 Å². The molecule has 0 heterocycles. The fourth-order valence-electron chi connectivity index (χ4n) is 0.951. The van der Waals surface area contributed by atoms with Crippen molar-refractivity contribution in [2.24, 2.45) is 10.8 Å². The maximum Gasteiger partial charge on any atom is 0.212 e. The third-order valence-corrected chi connectivity index (χ3v) is 3.49. The molecule has 4 nitrogen and oxygen atoms in total. The molecule has 5 heteroatoms. The molecular formula is C10H20N2O2S. The van der Waals surface area contributed by atoms with Gasteiger partial charge in [-0.3, -0.25) is 0 Å². The molecule has 0 aliphatic carbocycles. The Kier molecular flexibility index (Phi) is 4.32. The van der Waals surface area contributed by atoms with E-state index in [1.807, 2.05) is 26.8 Å². The summed E-state index contributed by atoms with van der Waals surface area (Å²) in [6, 6.07) is 2.05. The second-order valence-electron chi connectivity index (χ2n) is 5.64. The van der Waals surface area contributed by atoms with E-state index >= 15 is 0 Å². The highest BCUT2D eigenvalue weighted by Crippen LogP contribution is 2.17. The molecule has 0 aliphatic heterocycles. The fraction of sp³-hybridized carbons (Fsp3) is 0.900. The van der Waals surface area contributed by atoms with E-state index in [4.69, 9.17) is 5.26 Å². The Labute approximate surface area is 92.7 Å². The number of nitrogens with zero attached hydrogens (tertiary/aromatic N) is 1. The molecule has 0 rings (SSSR count). The van der Waals surface area contributed by atoms with E-state index in [2.05, 4.69) is 4.72 Å². The second kappa shape index (κ2) is 4.50. The number of rotatable bonds is 4. The topological polar surface area (TPSA) is 70.0 Å². The molecule has 0 atom stereocenters. The summed E-state index contributed by atoms with van der Waals surface area (Å²) in [6.45, 7) is 9.14. The maximum absolute atomic E-state index is 11.6. The van der Waals surface area contributed by atoms with Crippen LogP contribution in [0.3, 0.4) is 0 Å². The van der Waals surface area contributed by atoms with Gasteiger partial charge in [0.2, 0.25) is 10.0 Å². The van der Waals surface area contributed by atoms with Crippen LogP contribution in [0.2, 0.25) is 0 Å². The van der Waals surface area contributed by atoms with Gasteiger partial charge in [-0.1, -0.05) is 20.8 Å². The highest BCUT2D eigenvalue weighted by molar-refractivity contribution is 7.89. The van der Waals surface area contributed by atoms with Crippen LogP contribution in [0, 0.1) is 22.2 Å². The molecule has 0 amide bonds. The van der Waals surface area contributed by atoms with E-state index in [1.165, 1.54) is 0 Å². The smallest absolute Gasteiger partial charge is 0.212 e. The predicted octanol–water partition coefficient (Wildman–Crippen LogP) is 1.50. The molecule has 0 fully saturated rings. The van der Waals surface area contributed by atoms with E-state index in [0.29, 0.717) is 0 Å². The minimum atomic E-state index is -3.28. The van der Waals surface area contributed by atoms with Crippen molar-refractivity contribution in [3.05, 3.63) is 0 Å². The van der Waals surface area contributed by atoms with Gasteiger partial charge in [-0.2, -0.15) is 5.26 Å². The van der Waals surface area contributed by atoms with Crippen molar-refractivity contribution < 1.29 is 8.42 Å². The minimum Gasteiger partial charge on any atom is -0.214 e. The molecule has 0 aromatic carbocycles. The van der Waals surface area contributed by atoms with E-state index in [0.717, 1.165) is 0 Å². The molecule has 0 saturated carbocycles. The number of nitriles is 1. The van der Waals surface area contributed by atoms with Gasteiger partial charge in [0.25, 0.3) is 0 Å². The number of nitrogens with one attached hydrogen (secondary N) is 1. The first-order valence-corrected chi connectivity index (χ1v) is 6.51. The fourth-order valence-corrected chi connectivity index (χ4v) is 2.77. The Morgan fingerprint density at radius 2 is 1.67 bits per heavy atom. The lowest BCUT2D eigenvalue weighted by Gasteiger charge is -2.21. The summed E-state index contributed by atoms with van der Waals surface area (Å²) >= 11 is 0. The van der Waals surface area contributed by atoms with Gasteiger partial charge in [-0.05, 0) is 19.3 Å². The summed E-state index contributed by atoms with van der Waals surface area (Å²) in [7, 11) is -3.28. The molecule has 88 valence electrons. The van der Waals surface area contributed by atoms with Crippen LogP contribution in [0.1, 0.15) is 34.6 Å². The van der Waals surface area contributed by atoms with Crippen molar-refractivity contribution in [1.29, 1.82) is 5.26 Å². The maximum atomic E-state index is 11.6. The van der Waals surface area contributed by atoms with Crippen LogP contribution in [0.5, 0.6) is 0 Å². The summed E-state index contributed by atoms with van der Waals surface area (Å²) in [6.07, 6.45) is 0. The van der Waals surface area contributed by atoms with Crippen LogP contribution < -0.4 is 4.72 Å². The Hall–Kier alpha value is -0.600. The van der Waals surface area contributed by atoms with Gasteiger partial charge in [0.05, 0.1) is 17.2 Å². The lowest BCUT2D eigenvalue weighted by molar-refractivity contribution is 0.445. The molecule has 1 N–H and O–H groups in total. The number of hydrogen-bond acceptors (Lipinski definition) is 3. The van der Waals surface area contributed by atoms with Crippen molar-refractivity contribution in [1.82, 2.24) is 4.72 Å². The third-order valence-electron chi connectivity index (χ3n) is 1.66. The molecular weight excluding hydrogens is 212 g/mol. The third kappa shape index (κ3) is 7.34. The second-order valence-corrected chi connectivity index (χ2v) is 7.44. The highest BCUT2D eigenvalue weighted by Gasteiger charge is 2.24. The molecule has 0 aromatic heterocycles. The quantitative estimate of drug-likeness (QED) is 0.798. The summed E-state index contributed by atoms with van der Waals surface area (Å²) in [5.74, 6) is 0.0709. The Balaban J connectivity index is 4.38. The van der Waals surface area contributed by atoms with Crippen molar-refractivity contribution in [2.45, 2.75) is 34.6 Å². The predicted molar refractivity (Wildman–Crippen MR) is 60.6 cm³/mol. The van der Waals surface area contributed by atoms with Gasteiger partial charge in [0.15, 0.2) is 0 Å². The van der Waals surface area contributed by atoms with E-state index in [9.17, 15) is 8.42 Å². The zero-order valence-electron chi connectivity index (χ0n) is 10.1. The molecule has 0 bridgehead atoms. The van der Waals surface area contributed by atoms with Crippen LogP contribution in [0.25, 0.3) is 0 Å². The molecule has 0 aromatic rings. The lowest BCUT2D eigenvalue weighted by Crippen LogP contribution is -2.37. The minimum absolute atomic E-state index is 0.0709. The monoisotopic (exact) mass is 232 g/mol. The van der Waals surface area contributed by atoms with E-state index in [1.54, 1.807) is 13.8 Å². The standard InChI is InChI=1S/C10H20N2O2S/c1-9(2,3)8-15(13,14)12-7-10(4,5)6-11/h12H,7-8H2,1-5H3. The molecule has 15 heavy (non-hydrogen) atoms. The van der Waals surface area contributed by atoms with Gasteiger partial charge in [0.1, 0.15) is 0 Å². The van der Waals surface area contributed by atoms with Gasteiger partial charge in [0, 0.05) is 6.54 Å².